The van der Waals surface area contributed by atoms with Crippen LogP contribution in [0.25, 0.3) is 0 Å². The zero-order valence-electron chi connectivity index (χ0n) is 12.5. The van der Waals surface area contributed by atoms with Gasteiger partial charge in [0, 0.05) is 19.7 Å². The van der Waals surface area contributed by atoms with Gasteiger partial charge in [-0.05, 0) is 43.6 Å². The lowest BCUT2D eigenvalue weighted by molar-refractivity contribution is 0.0344. The van der Waals surface area contributed by atoms with E-state index >= 15 is 0 Å². The summed E-state index contributed by atoms with van der Waals surface area (Å²) in [6, 6.07) is 0. The van der Waals surface area contributed by atoms with Crippen LogP contribution in [0.2, 0.25) is 0 Å². The monoisotopic (exact) mass is 257 g/mol. The van der Waals surface area contributed by atoms with Crippen molar-refractivity contribution in [3.63, 3.8) is 0 Å². The molecule has 1 fully saturated rings. The van der Waals surface area contributed by atoms with E-state index in [4.69, 9.17) is 9.84 Å². The number of hydrogen-bond acceptors (Lipinski definition) is 3. The molecule has 0 aromatic carbocycles. The molecule has 18 heavy (non-hydrogen) atoms. The van der Waals surface area contributed by atoms with E-state index in [1.165, 1.54) is 19.3 Å². The lowest BCUT2D eigenvalue weighted by Gasteiger charge is -2.29. The predicted octanol–water partition coefficient (Wildman–Crippen LogP) is 2.53. The van der Waals surface area contributed by atoms with Crippen molar-refractivity contribution in [3.05, 3.63) is 0 Å². The van der Waals surface area contributed by atoms with Gasteiger partial charge < -0.3 is 9.84 Å². The standard InChI is InChI=1S/C15H31NO2/c1-15(2,3)7-4-14(6-11-17)5-8-16-9-12-18-13-10-16/h14,17H,4-13H2,1-3H3/t14-/m1/s1. The third kappa shape index (κ3) is 7.34. The highest BCUT2D eigenvalue weighted by molar-refractivity contribution is 4.70. The molecule has 1 rings (SSSR count). The third-order valence-corrected chi connectivity index (χ3v) is 3.80. The summed E-state index contributed by atoms with van der Waals surface area (Å²) in [5.41, 5.74) is 0.409. The Labute approximate surface area is 113 Å². The topological polar surface area (TPSA) is 32.7 Å². The first kappa shape index (κ1) is 15.9. The molecule has 0 saturated carbocycles. The van der Waals surface area contributed by atoms with Crippen LogP contribution >= 0.6 is 0 Å². The fourth-order valence-corrected chi connectivity index (χ4v) is 2.44. The Kier molecular flexibility index (Phi) is 7.20. The Morgan fingerprint density at radius 3 is 2.33 bits per heavy atom. The number of hydrogen-bond donors (Lipinski definition) is 1. The molecule has 0 radical (unpaired) electrons. The largest absolute Gasteiger partial charge is 0.396 e. The summed E-state index contributed by atoms with van der Waals surface area (Å²) in [6.07, 6.45) is 4.67. The van der Waals surface area contributed by atoms with Gasteiger partial charge in [-0.25, -0.2) is 0 Å². The molecule has 0 unspecified atom stereocenters. The average Bonchev–Trinajstić information content (AvgIpc) is 2.33. The first-order valence-corrected chi connectivity index (χ1v) is 7.42. The Morgan fingerprint density at radius 1 is 1.11 bits per heavy atom. The van der Waals surface area contributed by atoms with Gasteiger partial charge in [0.2, 0.25) is 0 Å². The molecule has 0 aromatic heterocycles. The van der Waals surface area contributed by atoms with Gasteiger partial charge in [0.25, 0.3) is 0 Å². The molecule has 1 aliphatic heterocycles. The molecule has 1 N–H and O–H groups in total. The maximum absolute atomic E-state index is 9.17. The van der Waals surface area contributed by atoms with Gasteiger partial charge in [0.05, 0.1) is 13.2 Å². The number of ether oxygens (including phenoxy) is 1. The number of morpholine rings is 1. The second kappa shape index (κ2) is 8.13. The van der Waals surface area contributed by atoms with Gasteiger partial charge in [-0.15, -0.1) is 0 Å². The van der Waals surface area contributed by atoms with Gasteiger partial charge in [0.1, 0.15) is 0 Å². The fourth-order valence-electron chi connectivity index (χ4n) is 2.44. The Balaban J connectivity index is 2.23. The van der Waals surface area contributed by atoms with Crippen molar-refractivity contribution in [2.24, 2.45) is 11.3 Å². The van der Waals surface area contributed by atoms with Crippen LogP contribution in [0.1, 0.15) is 46.5 Å². The van der Waals surface area contributed by atoms with E-state index in [0.29, 0.717) is 17.9 Å². The van der Waals surface area contributed by atoms with Crippen molar-refractivity contribution in [1.29, 1.82) is 0 Å². The normalized spacial score (nSPS) is 20.0. The second-order valence-electron chi connectivity index (χ2n) is 6.72. The summed E-state index contributed by atoms with van der Waals surface area (Å²) in [5, 5.41) is 9.17. The number of aliphatic hydroxyl groups is 1. The van der Waals surface area contributed by atoms with Crippen molar-refractivity contribution in [1.82, 2.24) is 4.90 Å². The molecule has 0 spiro atoms. The Hall–Kier alpha value is -0.120. The van der Waals surface area contributed by atoms with E-state index in [-0.39, 0.29) is 0 Å². The molecule has 0 amide bonds. The number of aliphatic hydroxyl groups excluding tert-OH is 1. The maximum atomic E-state index is 9.17. The maximum Gasteiger partial charge on any atom is 0.0594 e. The molecular weight excluding hydrogens is 226 g/mol. The highest BCUT2D eigenvalue weighted by atomic mass is 16.5. The molecule has 0 bridgehead atoms. The minimum Gasteiger partial charge on any atom is -0.396 e. The summed E-state index contributed by atoms with van der Waals surface area (Å²) in [6.45, 7) is 12.3. The smallest absolute Gasteiger partial charge is 0.0594 e. The van der Waals surface area contributed by atoms with Crippen molar-refractivity contribution < 1.29 is 9.84 Å². The van der Waals surface area contributed by atoms with E-state index < -0.39 is 0 Å². The van der Waals surface area contributed by atoms with Crippen molar-refractivity contribution >= 4 is 0 Å². The summed E-state index contributed by atoms with van der Waals surface area (Å²) in [4.78, 5) is 2.49. The Morgan fingerprint density at radius 2 is 1.78 bits per heavy atom. The summed E-state index contributed by atoms with van der Waals surface area (Å²) < 4.78 is 5.36. The molecule has 1 heterocycles. The molecule has 1 aliphatic rings. The van der Waals surface area contributed by atoms with Crippen LogP contribution in [-0.2, 0) is 4.74 Å². The lowest BCUT2D eigenvalue weighted by atomic mass is 9.84. The van der Waals surface area contributed by atoms with Crippen LogP contribution in [0.5, 0.6) is 0 Å². The van der Waals surface area contributed by atoms with Gasteiger partial charge in [-0.2, -0.15) is 0 Å². The van der Waals surface area contributed by atoms with E-state index in [0.717, 1.165) is 39.3 Å². The van der Waals surface area contributed by atoms with Crippen LogP contribution in [-0.4, -0.2) is 49.5 Å². The minimum absolute atomic E-state index is 0.331. The molecule has 0 aliphatic carbocycles. The highest BCUT2D eigenvalue weighted by Gasteiger charge is 2.17. The quantitative estimate of drug-likeness (QED) is 0.761. The molecule has 3 heteroatoms. The highest BCUT2D eigenvalue weighted by Crippen LogP contribution is 2.26. The SMILES string of the molecule is CC(C)(C)CC[C@@H](CCO)CCN1CCOCC1. The molecule has 3 nitrogen and oxygen atoms in total. The number of nitrogens with zero attached hydrogens (tertiary/aromatic N) is 1. The van der Waals surface area contributed by atoms with E-state index in [2.05, 4.69) is 25.7 Å². The van der Waals surface area contributed by atoms with Crippen molar-refractivity contribution in [2.75, 3.05) is 39.5 Å². The number of rotatable bonds is 7. The van der Waals surface area contributed by atoms with E-state index in [9.17, 15) is 0 Å². The minimum atomic E-state index is 0.331. The summed E-state index contributed by atoms with van der Waals surface area (Å²) in [5.74, 6) is 0.678. The zero-order valence-corrected chi connectivity index (χ0v) is 12.5. The Bertz CT molecular complexity index is 207. The van der Waals surface area contributed by atoms with Gasteiger partial charge >= 0.3 is 0 Å². The second-order valence-corrected chi connectivity index (χ2v) is 6.72. The van der Waals surface area contributed by atoms with Crippen molar-refractivity contribution in [2.45, 2.75) is 46.5 Å². The lowest BCUT2D eigenvalue weighted by Crippen LogP contribution is -2.37. The van der Waals surface area contributed by atoms with Gasteiger partial charge in [-0.1, -0.05) is 20.8 Å². The van der Waals surface area contributed by atoms with E-state index in [1.807, 2.05) is 0 Å². The summed E-state index contributed by atoms with van der Waals surface area (Å²) >= 11 is 0. The summed E-state index contributed by atoms with van der Waals surface area (Å²) in [7, 11) is 0. The third-order valence-electron chi connectivity index (χ3n) is 3.80. The predicted molar refractivity (Wildman–Crippen MR) is 75.8 cm³/mol. The molecule has 1 atom stereocenters. The van der Waals surface area contributed by atoms with E-state index in [1.54, 1.807) is 0 Å². The van der Waals surface area contributed by atoms with Crippen LogP contribution in [0.4, 0.5) is 0 Å². The van der Waals surface area contributed by atoms with Gasteiger partial charge in [0.15, 0.2) is 0 Å². The van der Waals surface area contributed by atoms with Crippen molar-refractivity contribution in [3.8, 4) is 0 Å². The van der Waals surface area contributed by atoms with Crippen LogP contribution in [0.15, 0.2) is 0 Å². The van der Waals surface area contributed by atoms with Gasteiger partial charge in [-0.3, -0.25) is 4.90 Å². The first-order chi connectivity index (χ1) is 8.51. The fraction of sp³-hybridized carbons (Fsp3) is 1.00. The molecular formula is C15H31NO2. The van der Waals surface area contributed by atoms with Crippen LogP contribution in [0.3, 0.4) is 0 Å². The molecule has 1 saturated heterocycles. The molecule has 108 valence electrons. The van der Waals surface area contributed by atoms with Crippen LogP contribution in [0, 0.1) is 11.3 Å². The average molecular weight is 257 g/mol. The zero-order chi connectivity index (χ0) is 13.4. The molecule has 0 aromatic rings. The first-order valence-electron chi connectivity index (χ1n) is 7.42. The van der Waals surface area contributed by atoms with Crippen LogP contribution < -0.4 is 0 Å².